The summed E-state index contributed by atoms with van der Waals surface area (Å²) in [7, 11) is 0. The molecule has 0 aliphatic carbocycles. The van der Waals surface area contributed by atoms with E-state index in [2.05, 4.69) is 161 Å². The molecule has 0 N–H and O–H groups in total. The number of rotatable bonds is 5. The molecule has 0 aliphatic heterocycles. The first-order chi connectivity index (χ1) is 24.7. The molecule has 0 aliphatic rings. The van der Waals surface area contributed by atoms with Gasteiger partial charge in [0.2, 0.25) is 0 Å². The van der Waals surface area contributed by atoms with Crippen LogP contribution in [0.25, 0.3) is 71.3 Å². The van der Waals surface area contributed by atoms with E-state index in [1.54, 1.807) is 0 Å². The van der Waals surface area contributed by atoms with Gasteiger partial charge < -0.3 is 13.9 Å². The molecule has 8 aromatic carbocycles. The lowest BCUT2D eigenvalue weighted by Gasteiger charge is -2.26. The summed E-state index contributed by atoms with van der Waals surface area (Å²) in [6.07, 6.45) is 0. The van der Waals surface area contributed by atoms with Crippen molar-refractivity contribution >= 4 is 83.2 Å². The van der Waals surface area contributed by atoms with E-state index in [-0.39, 0.29) is 0 Å². The van der Waals surface area contributed by atoms with Gasteiger partial charge in [-0.15, -0.1) is 0 Å². The molecule has 0 saturated carbocycles. The summed E-state index contributed by atoms with van der Waals surface area (Å²) >= 11 is 7.00. The van der Waals surface area contributed by atoms with Gasteiger partial charge >= 0.3 is 0 Å². The summed E-state index contributed by atoms with van der Waals surface area (Å²) in [5, 5.41) is 7.75. The van der Waals surface area contributed by atoms with Crippen molar-refractivity contribution in [3.05, 3.63) is 181 Å². The second-order valence-electron chi connectivity index (χ2n) is 12.8. The zero-order valence-electron chi connectivity index (χ0n) is 26.9. The summed E-state index contributed by atoms with van der Waals surface area (Å²) in [6.45, 7) is 0. The largest absolute Gasteiger partial charge is 0.456 e. The van der Waals surface area contributed by atoms with Crippen LogP contribution in [0.2, 0.25) is 5.02 Å². The van der Waals surface area contributed by atoms with E-state index in [0.29, 0.717) is 5.02 Å². The van der Waals surface area contributed by atoms with Crippen molar-refractivity contribution in [2.45, 2.75) is 0 Å². The first-order valence-electron chi connectivity index (χ1n) is 16.8. The van der Waals surface area contributed by atoms with Crippen LogP contribution in [0.4, 0.5) is 17.1 Å². The quantitative estimate of drug-likeness (QED) is 0.183. The van der Waals surface area contributed by atoms with Crippen molar-refractivity contribution in [1.82, 2.24) is 4.57 Å². The van der Waals surface area contributed by atoms with E-state index in [1.807, 2.05) is 24.3 Å². The Morgan fingerprint density at radius 1 is 0.420 bits per heavy atom. The lowest BCUT2D eigenvalue weighted by molar-refractivity contribution is 0.669. The fourth-order valence-electron chi connectivity index (χ4n) is 7.49. The predicted octanol–water partition coefficient (Wildman–Crippen LogP) is 13.6. The molecule has 4 heteroatoms. The number of hydrogen-bond donors (Lipinski definition) is 0. The van der Waals surface area contributed by atoms with Crippen molar-refractivity contribution in [3.63, 3.8) is 0 Å². The summed E-state index contributed by atoms with van der Waals surface area (Å²) < 4.78 is 8.56. The van der Waals surface area contributed by atoms with E-state index >= 15 is 0 Å². The molecule has 10 aromatic rings. The molecule has 0 saturated heterocycles. The van der Waals surface area contributed by atoms with Crippen LogP contribution in [0, 0.1) is 0 Å². The monoisotopic (exact) mass is 660 g/mol. The number of furan rings is 1. The van der Waals surface area contributed by atoms with Crippen molar-refractivity contribution in [1.29, 1.82) is 0 Å². The van der Waals surface area contributed by atoms with Crippen LogP contribution in [-0.4, -0.2) is 4.57 Å². The molecule has 3 nitrogen and oxygen atoms in total. The molecule has 0 spiro atoms. The van der Waals surface area contributed by atoms with Gasteiger partial charge in [0.1, 0.15) is 11.2 Å². The summed E-state index contributed by atoms with van der Waals surface area (Å²) in [6, 6.07) is 62.0. The second-order valence-corrected chi connectivity index (χ2v) is 13.2. The molecular formula is C46H29ClN2O. The molecule has 2 heterocycles. The minimum absolute atomic E-state index is 0.670. The van der Waals surface area contributed by atoms with E-state index in [0.717, 1.165) is 61.3 Å². The summed E-state index contributed by atoms with van der Waals surface area (Å²) in [4.78, 5) is 2.27. The van der Waals surface area contributed by atoms with Crippen LogP contribution >= 0.6 is 11.6 Å². The Labute approximate surface area is 293 Å². The molecular weight excluding hydrogens is 632 g/mol. The zero-order chi connectivity index (χ0) is 33.2. The minimum Gasteiger partial charge on any atom is -0.456 e. The summed E-state index contributed by atoms with van der Waals surface area (Å²) in [5.41, 5.74) is 10.4. The lowest BCUT2D eigenvalue weighted by Crippen LogP contribution is -2.10. The third-order valence-electron chi connectivity index (χ3n) is 9.76. The van der Waals surface area contributed by atoms with E-state index in [9.17, 15) is 0 Å². The Hall–Kier alpha value is -6.29. The maximum atomic E-state index is 7.00. The van der Waals surface area contributed by atoms with Crippen molar-refractivity contribution in [2.75, 3.05) is 4.90 Å². The third kappa shape index (κ3) is 4.67. The average molecular weight is 661 g/mol. The predicted molar refractivity (Wildman–Crippen MR) is 211 cm³/mol. The van der Waals surface area contributed by atoms with Gasteiger partial charge in [0.15, 0.2) is 0 Å². The average Bonchev–Trinajstić information content (AvgIpc) is 3.69. The van der Waals surface area contributed by atoms with Gasteiger partial charge in [-0.25, -0.2) is 0 Å². The molecule has 0 amide bonds. The molecule has 0 unspecified atom stereocenters. The normalized spacial score (nSPS) is 11.7. The second kappa shape index (κ2) is 11.4. The van der Waals surface area contributed by atoms with E-state index in [1.165, 1.54) is 27.1 Å². The number of nitrogens with zero attached hydrogens (tertiary/aromatic N) is 2. The Bertz CT molecular complexity index is 2890. The highest BCUT2D eigenvalue weighted by molar-refractivity contribution is 6.31. The Morgan fingerprint density at radius 3 is 1.96 bits per heavy atom. The SMILES string of the molecule is Clc1cc(-c2ccc3c4cc5ccccc5cc4n(-c4ccccc4)c3c2)cc(N(c2ccccc2)c2ccc3oc4ccccc4c3c2)c1. The molecule has 0 atom stereocenters. The van der Waals surface area contributed by atoms with Crippen molar-refractivity contribution in [2.24, 2.45) is 0 Å². The van der Waals surface area contributed by atoms with Crippen LogP contribution < -0.4 is 4.90 Å². The minimum atomic E-state index is 0.670. The molecule has 0 radical (unpaired) electrons. The zero-order valence-corrected chi connectivity index (χ0v) is 27.7. The number of fused-ring (bicyclic) bond motifs is 7. The lowest BCUT2D eigenvalue weighted by atomic mass is 10.0. The maximum absolute atomic E-state index is 7.00. The van der Waals surface area contributed by atoms with Crippen molar-refractivity contribution in [3.8, 4) is 16.8 Å². The van der Waals surface area contributed by atoms with Gasteiger partial charge in [-0.3, -0.25) is 0 Å². The summed E-state index contributed by atoms with van der Waals surface area (Å²) in [5.74, 6) is 0. The first-order valence-corrected chi connectivity index (χ1v) is 17.2. The molecule has 10 rings (SSSR count). The van der Waals surface area contributed by atoms with Crippen LogP contribution in [-0.2, 0) is 0 Å². The van der Waals surface area contributed by atoms with Crippen LogP contribution in [0.15, 0.2) is 180 Å². The van der Waals surface area contributed by atoms with Crippen LogP contribution in [0.5, 0.6) is 0 Å². The number of para-hydroxylation sites is 3. The number of hydrogen-bond acceptors (Lipinski definition) is 2. The van der Waals surface area contributed by atoms with Gasteiger partial charge in [-0.2, -0.15) is 0 Å². The standard InChI is InChI=1S/C46H29ClN2O/c47-34-23-33(24-38(28-34)48(35-13-3-1-4-14-35)37-20-22-46-42(29-37)40-17-9-10-18-45(40)50-46)32-19-21-39-41-25-30-11-7-8-12-31(30)26-44(41)49(43(39)27-32)36-15-5-2-6-16-36/h1-29H. The highest BCUT2D eigenvalue weighted by Gasteiger charge is 2.19. The van der Waals surface area contributed by atoms with Gasteiger partial charge in [-0.1, -0.05) is 103 Å². The molecule has 0 bridgehead atoms. The fourth-order valence-corrected chi connectivity index (χ4v) is 7.71. The maximum Gasteiger partial charge on any atom is 0.135 e. The Kier molecular flexibility index (Phi) is 6.55. The molecule has 236 valence electrons. The Balaban J connectivity index is 1.17. The van der Waals surface area contributed by atoms with Crippen LogP contribution in [0.1, 0.15) is 0 Å². The third-order valence-corrected chi connectivity index (χ3v) is 9.97. The number of benzene rings is 8. The smallest absolute Gasteiger partial charge is 0.135 e. The van der Waals surface area contributed by atoms with Crippen LogP contribution in [0.3, 0.4) is 0 Å². The highest BCUT2D eigenvalue weighted by atomic mass is 35.5. The van der Waals surface area contributed by atoms with Gasteiger partial charge in [0.25, 0.3) is 0 Å². The fraction of sp³-hybridized carbons (Fsp3) is 0. The molecule has 2 aromatic heterocycles. The van der Waals surface area contributed by atoms with Crippen molar-refractivity contribution < 1.29 is 4.42 Å². The van der Waals surface area contributed by atoms with E-state index in [4.69, 9.17) is 16.0 Å². The number of halogens is 1. The van der Waals surface area contributed by atoms with E-state index < -0.39 is 0 Å². The molecule has 50 heavy (non-hydrogen) atoms. The first kappa shape index (κ1) is 28.7. The molecule has 0 fully saturated rings. The Morgan fingerprint density at radius 2 is 1.12 bits per heavy atom. The highest BCUT2D eigenvalue weighted by Crippen LogP contribution is 2.42. The number of aromatic nitrogens is 1. The van der Waals surface area contributed by atoms with Gasteiger partial charge in [0.05, 0.1) is 11.0 Å². The number of anilines is 3. The van der Waals surface area contributed by atoms with Gasteiger partial charge in [-0.05, 0) is 107 Å². The van der Waals surface area contributed by atoms with Gasteiger partial charge in [0, 0.05) is 49.3 Å². The topological polar surface area (TPSA) is 21.3 Å².